The van der Waals surface area contributed by atoms with Crippen molar-refractivity contribution in [3.63, 3.8) is 0 Å². The Balaban J connectivity index is 2.94. The third-order valence-electron chi connectivity index (χ3n) is 3.03. The Hall–Kier alpha value is -2.11. The van der Waals surface area contributed by atoms with Crippen LogP contribution < -0.4 is 11.1 Å². The Labute approximate surface area is 110 Å². The molecule has 0 aromatic heterocycles. The zero-order valence-corrected chi connectivity index (χ0v) is 10.8. The van der Waals surface area contributed by atoms with Crippen molar-refractivity contribution >= 4 is 17.6 Å². The molecule has 0 radical (unpaired) electrons. The second-order valence-corrected chi connectivity index (χ2v) is 4.41. The molecule has 5 nitrogen and oxygen atoms in total. The molecule has 0 aliphatic heterocycles. The van der Waals surface area contributed by atoms with Crippen molar-refractivity contribution in [1.29, 1.82) is 0 Å². The van der Waals surface area contributed by atoms with Crippen LogP contribution in [0.15, 0.2) is 18.2 Å². The number of hydrogen-bond donors (Lipinski definition) is 3. The molecule has 1 aromatic carbocycles. The molecule has 0 bridgehead atoms. The van der Waals surface area contributed by atoms with Crippen LogP contribution in [-0.4, -0.2) is 23.0 Å². The Morgan fingerprint density at radius 1 is 1.47 bits per heavy atom. The number of carboxylic acids is 1. The Morgan fingerprint density at radius 3 is 2.63 bits per heavy atom. The molecule has 1 rings (SSSR count). The van der Waals surface area contributed by atoms with E-state index in [0.29, 0.717) is 6.42 Å². The normalized spacial score (nSPS) is 13.6. The summed E-state index contributed by atoms with van der Waals surface area (Å²) in [6.45, 7) is 3.54. The van der Waals surface area contributed by atoms with Gasteiger partial charge in [-0.3, -0.25) is 4.79 Å². The van der Waals surface area contributed by atoms with Gasteiger partial charge in [-0.25, -0.2) is 9.18 Å². The molecule has 6 heteroatoms. The zero-order valence-electron chi connectivity index (χ0n) is 10.8. The van der Waals surface area contributed by atoms with Crippen molar-refractivity contribution in [2.75, 3.05) is 5.73 Å². The van der Waals surface area contributed by atoms with Crippen LogP contribution in [0, 0.1) is 11.7 Å². The number of halogens is 1. The Kier molecular flexibility index (Phi) is 4.86. The average Bonchev–Trinajstić information content (AvgIpc) is 2.37. The van der Waals surface area contributed by atoms with Crippen LogP contribution in [0.4, 0.5) is 10.1 Å². The maximum absolute atomic E-state index is 13.1. The number of carboxylic acid groups (broad SMARTS) is 1. The first-order valence-electron chi connectivity index (χ1n) is 5.95. The Morgan fingerprint density at radius 2 is 2.11 bits per heavy atom. The van der Waals surface area contributed by atoms with E-state index in [1.165, 1.54) is 6.07 Å². The number of nitrogens with one attached hydrogen (secondary N) is 1. The first-order chi connectivity index (χ1) is 8.86. The summed E-state index contributed by atoms with van der Waals surface area (Å²) in [5.74, 6) is -2.66. The molecule has 0 saturated heterocycles. The molecule has 0 fully saturated rings. The minimum Gasteiger partial charge on any atom is -0.480 e. The van der Waals surface area contributed by atoms with Gasteiger partial charge in [-0.2, -0.15) is 0 Å². The SMILES string of the molecule is CCC(C)C(NC(=O)c1cc(F)ccc1N)C(=O)O. The topological polar surface area (TPSA) is 92.4 Å². The third-order valence-corrected chi connectivity index (χ3v) is 3.03. The van der Waals surface area contributed by atoms with E-state index in [-0.39, 0.29) is 17.2 Å². The number of benzene rings is 1. The van der Waals surface area contributed by atoms with E-state index in [0.717, 1.165) is 12.1 Å². The van der Waals surface area contributed by atoms with E-state index >= 15 is 0 Å². The van der Waals surface area contributed by atoms with Gasteiger partial charge < -0.3 is 16.2 Å². The monoisotopic (exact) mass is 268 g/mol. The first-order valence-corrected chi connectivity index (χ1v) is 5.95. The van der Waals surface area contributed by atoms with Crippen LogP contribution in [0.3, 0.4) is 0 Å². The van der Waals surface area contributed by atoms with Gasteiger partial charge in [0.15, 0.2) is 0 Å². The molecular formula is C13H17FN2O3. The summed E-state index contributed by atoms with van der Waals surface area (Å²) in [5.41, 5.74) is 5.62. The first kappa shape index (κ1) is 14.9. The number of carbonyl (C=O) groups excluding carboxylic acids is 1. The van der Waals surface area contributed by atoms with Gasteiger partial charge in [0.25, 0.3) is 5.91 Å². The van der Waals surface area contributed by atoms with Crippen LogP contribution in [0.2, 0.25) is 0 Å². The van der Waals surface area contributed by atoms with E-state index in [2.05, 4.69) is 5.32 Å². The summed E-state index contributed by atoms with van der Waals surface area (Å²) in [4.78, 5) is 23.0. The van der Waals surface area contributed by atoms with E-state index in [1.807, 2.05) is 6.92 Å². The molecule has 0 aliphatic carbocycles. The number of carbonyl (C=O) groups is 2. The van der Waals surface area contributed by atoms with Gasteiger partial charge in [-0.15, -0.1) is 0 Å². The van der Waals surface area contributed by atoms with Crippen LogP contribution in [-0.2, 0) is 4.79 Å². The lowest BCUT2D eigenvalue weighted by Gasteiger charge is -2.20. The predicted molar refractivity (Wildman–Crippen MR) is 69.2 cm³/mol. The number of rotatable bonds is 5. The summed E-state index contributed by atoms with van der Waals surface area (Å²) in [6, 6.07) is 2.36. The fourth-order valence-electron chi connectivity index (χ4n) is 1.63. The number of nitrogen functional groups attached to an aromatic ring is 1. The van der Waals surface area contributed by atoms with Crippen molar-refractivity contribution in [2.24, 2.45) is 5.92 Å². The van der Waals surface area contributed by atoms with Gasteiger partial charge >= 0.3 is 5.97 Å². The minimum atomic E-state index is -1.13. The fraction of sp³-hybridized carbons (Fsp3) is 0.385. The lowest BCUT2D eigenvalue weighted by molar-refractivity contribution is -0.140. The highest BCUT2D eigenvalue weighted by Gasteiger charge is 2.26. The summed E-state index contributed by atoms with van der Waals surface area (Å²) >= 11 is 0. The molecule has 0 heterocycles. The standard InChI is InChI=1S/C13H17FN2O3/c1-3-7(2)11(13(18)19)16-12(17)9-6-8(14)4-5-10(9)15/h4-7,11H,3,15H2,1-2H3,(H,16,17)(H,18,19). The second-order valence-electron chi connectivity index (χ2n) is 4.41. The lowest BCUT2D eigenvalue weighted by atomic mass is 9.99. The summed E-state index contributed by atoms with van der Waals surface area (Å²) in [6.07, 6.45) is 0.593. The molecule has 1 aromatic rings. The fourth-order valence-corrected chi connectivity index (χ4v) is 1.63. The molecule has 2 atom stereocenters. The van der Waals surface area contributed by atoms with Crippen LogP contribution in [0.5, 0.6) is 0 Å². The van der Waals surface area contributed by atoms with E-state index in [9.17, 15) is 14.0 Å². The molecule has 0 spiro atoms. The highest BCUT2D eigenvalue weighted by molar-refractivity contribution is 6.00. The molecular weight excluding hydrogens is 251 g/mol. The van der Waals surface area contributed by atoms with Crippen LogP contribution >= 0.6 is 0 Å². The summed E-state index contributed by atoms with van der Waals surface area (Å²) in [7, 11) is 0. The third kappa shape index (κ3) is 3.67. The molecule has 4 N–H and O–H groups in total. The van der Waals surface area contributed by atoms with E-state index in [4.69, 9.17) is 10.8 Å². The number of aliphatic carboxylic acids is 1. The van der Waals surface area contributed by atoms with Crippen molar-refractivity contribution in [1.82, 2.24) is 5.32 Å². The zero-order chi connectivity index (χ0) is 14.6. The molecule has 2 unspecified atom stereocenters. The molecule has 1 amide bonds. The van der Waals surface area contributed by atoms with Crippen molar-refractivity contribution < 1.29 is 19.1 Å². The number of hydrogen-bond acceptors (Lipinski definition) is 3. The smallest absolute Gasteiger partial charge is 0.326 e. The molecule has 104 valence electrons. The van der Waals surface area contributed by atoms with Gasteiger partial charge in [-0.1, -0.05) is 20.3 Å². The maximum Gasteiger partial charge on any atom is 0.326 e. The van der Waals surface area contributed by atoms with Gasteiger partial charge in [0, 0.05) is 5.69 Å². The quantitative estimate of drug-likeness (QED) is 0.708. The minimum absolute atomic E-state index is 0.0606. The largest absolute Gasteiger partial charge is 0.480 e. The molecule has 0 saturated carbocycles. The lowest BCUT2D eigenvalue weighted by Crippen LogP contribution is -2.45. The van der Waals surface area contributed by atoms with Crippen molar-refractivity contribution in [3.8, 4) is 0 Å². The van der Waals surface area contributed by atoms with Gasteiger partial charge in [0.05, 0.1) is 5.56 Å². The highest BCUT2D eigenvalue weighted by atomic mass is 19.1. The summed E-state index contributed by atoms with van der Waals surface area (Å²) < 4.78 is 13.1. The van der Waals surface area contributed by atoms with Crippen LogP contribution in [0.25, 0.3) is 0 Å². The number of nitrogens with two attached hydrogens (primary N) is 1. The second kappa shape index (κ2) is 6.17. The van der Waals surface area contributed by atoms with Gasteiger partial charge in [0.2, 0.25) is 0 Å². The maximum atomic E-state index is 13.1. The highest BCUT2D eigenvalue weighted by Crippen LogP contribution is 2.15. The van der Waals surface area contributed by atoms with Gasteiger partial charge in [0.1, 0.15) is 11.9 Å². The number of amides is 1. The van der Waals surface area contributed by atoms with Crippen molar-refractivity contribution in [3.05, 3.63) is 29.6 Å². The number of anilines is 1. The van der Waals surface area contributed by atoms with Gasteiger partial charge in [-0.05, 0) is 24.1 Å². The predicted octanol–water partition coefficient (Wildman–Crippen LogP) is 1.64. The van der Waals surface area contributed by atoms with Crippen molar-refractivity contribution in [2.45, 2.75) is 26.3 Å². The molecule has 19 heavy (non-hydrogen) atoms. The van der Waals surface area contributed by atoms with E-state index < -0.39 is 23.7 Å². The van der Waals surface area contributed by atoms with Crippen LogP contribution in [0.1, 0.15) is 30.6 Å². The Bertz CT molecular complexity index is 491. The average molecular weight is 268 g/mol. The van der Waals surface area contributed by atoms with E-state index in [1.54, 1.807) is 6.92 Å². The molecule has 0 aliphatic rings. The summed E-state index contributed by atoms with van der Waals surface area (Å²) in [5, 5.41) is 11.4.